The minimum atomic E-state index is -0.223. The average molecular weight is 437 g/mol. The van der Waals surface area contributed by atoms with Gasteiger partial charge in [-0.2, -0.15) is 0 Å². The number of carbonyl (C=O) groups excluding carboxylic acids is 1. The lowest BCUT2D eigenvalue weighted by Gasteiger charge is -2.16. The molecule has 0 radical (unpaired) electrons. The minimum Gasteiger partial charge on any atom is -0.362 e. The molecule has 0 N–H and O–H groups in total. The van der Waals surface area contributed by atoms with Gasteiger partial charge in [0.15, 0.2) is 0 Å². The molecule has 0 atom stereocenters. The fourth-order valence-corrected chi connectivity index (χ4v) is 4.56. The molecule has 152 valence electrons. The molecular formula is C22H20N4O2S2. The van der Waals surface area contributed by atoms with Gasteiger partial charge in [0, 0.05) is 26.8 Å². The van der Waals surface area contributed by atoms with Crippen LogP contribution in [0.3, 0.4) is 0 Å². The quantitative estimate of drug-likeness (QED) is 0.452. The molecule has 1 aliphatic rings. The van der Waals surface area contributed by atoms with Gasteiger partial charge >= 0.3 is 0 Å². The van der Waals surface area contributed by atoms with Crippen molar-refractivity contribution in [1.82, 2.24) is 14.3 Å². The van der Waals surface area contributed by atoms with E-state index in [1.54, 1.807) is 34.2 Å². The largest absolute Gasteiger partial charge is 0.362 e. The molecular weight excluding hydrogens is 416 g/mol. The number of hydrogen-bond donors (Lipinski definition) is 0. The zero-order valence-electron chi connectivity index (χ0n) is 16.6. The Labute approximate surface area is 183 Å². The van der Waals surface area contributed by atoms with Gasteiger partial charge in [-0.3, -0.25) is 18.9 Å². The number of nitrogens with zero attached hydrogens (tertiary/aromatic N) is 4. The second kappa shape index (κ2) is 8.41. The standard InChI is InChI=1S/C22H20N4O2S2/c1-24(2)19-16(20(27)25-12-7-6-10-18(25)23-19)14-17-21(28)26(22(29)30-17)13-11-15-8-4-3-5-9-15/h3-10,12,14H,11,13H2,1-2H3. The molecule has 6 nitrogen and oxygen atoms in total. The van der Waals surface area contributed by atoms with E-state index in [1.807, 2.05) is 50.5 Å². The fourth-order valence-electron chi connectivity index (χ4n) is 3.27. The summed E-state index contributed by atoms with van der Waals surface area (Å²) in [5.74, 6) is 0.337. The Morgan fingerprint density at radius 2 is 1.83 bits per heavy atom. The van der Waals surface area contributed by atoms with Crippen molar-refractivity contribution in [3.05, 3.63) is 81.1 Å². The molecule has 0 unspecified atom stereocenters. The summed E-state index contributed by atoms with van der Waals surface area (Å²) in [4.78, 5) is 34.5. The van der Waals surface area contributed by atoms with E-state index in [2.05, 4.69) is 4.98 Å². The van der Waals surface area contributed by atoms with Crippen molar-refractivity contribution < 1.29 is 4.79 Å². The summed E-state index contributed by atoms with van der Waals surface area (Å²) in [6, 6.07) is 15.4. The van der Waals surface area contributed by atoms with Gasteiger partial charge in [0.05, 0.1) is 10.5 Å². The van der Waals surface area contributed by atoms with Gasteiger partial charge in [0.2, 0.25) is 0 Å². The topological polar surface area (TPSA) is 57.9 Å². The lowest BCUT2D eigenvalue weighted by atomic mass is 10.1. The maximum absolute atomic E-state index is 13.1. The number of benzene rings is 1. The van der Waals surface area contributed by atoms with Crippen LogP contribution in [0.25, 0.3) is 11.7 Å². The molecule has 30 heavy (non-hydrogen) atoms. The molecule has 1 aliphatic heterocycles. The number of fused-ring (bicyclic) bond motifs is 1. The third-order valence-corrected chi connectivity index (χ3v) is 6.17. The van der Waals surface area contributed by atoms with Gasteiger partial charge in [-0.05, 0) is 30.2 Å². The second-order valence-electron chi connectivity index (χ2n) is 7.05. The van der Waals surface area contributed by atoms with E-state index in [9.17, 15) is 9.59 Å². The average Bonchev–Trinajstić information content (AvgIpc) is 3.01. The summed E-state index contributed by atoms with van der Waals surface area (Å²) in [5, 5.41) is 0. The Morgan fingerprint density at radius 1 is 1.10 bits per heavy atom. The first-order valence-electron chi connectivity index (χ1n) is 9.43. The molecule has 0 spiro atoms. The highest BCUT2D eigenvalue weighted by Crippen LogP contribution is 2.33. The lowest BCUT2D eigenvalue weighted by Crippen LogP contribution is -2.30. The van der Waals surface area contributed by atoms with Crippen molar-refractivity contribution in [3.8, 4) is 0 Å². The number of thioether (sulfide) groups is 1. The van der Waals surface area contributed by atoms with Gasteiger partial charge in [-0.1, -0.05) is 60.4 Å². The number of aromatic nitrogens is 2. The van der Waals surface area contributed by atoms with Gasteiger partial charge in [-0.15, -0.1) is 0 Å². The third-order valence-electron chi connectivity index (χ3n) is 4.79. The molecule has 1 aromatic carbocycles. The van der Waals surface area contributed by atoms with Crippen molar-refractivity contribution >= 4 is 51.7 Å². The minimum absolute atomic E-state index is 0.178. The van der Waals surface area contributed by atoms with E-state index in [-0.39, 0.29) is 11.5 Å². The molecule has 3 aromatic rings. The maximum atomic E-state index is 13.1. The summed E-state index contributed by atoms with van der Waals surface area (Å²) in [6.07, 6.45) is 4.00. The van der Waals surface area contributed by atoms with Crippen LogP contribution in [0, 0.1) is 0 Å². The van der Waals surface area contributed by atoms with Crippen LogP contribution in [0.2, 0.25) is 0 Å². The third kappa shape index (κ3) is 3.88. The van der Waals surface area contributed by atoms with Crippen LogP contribution in [0.5, 0.6) is 0 Å². The van der Waals surface area contributed by atoms with Crippen LogP contribution in [0.1, 0.15) is 11.1 Å². The highest BCUT2D eigenvalue weighted by Gasteiger charge is 2.32. The SMILES string of the molecule is CN(C)c1nc2ccccn2c(=O)c1C=C1SC(=S)N(CCc2ccccc2)C1=O. The Hall–Kier alpha value is -2.97. The van der Waals surface area contributed by atoms with Crippen molar-refractivity contribution in [2.75, 3.05) is 25.5 Å². The normalized spacial score (nSPS) is 15.4. The molecule has 0 bridgehead atoms. The Morgan fingerprint density at radius 3 is 2.57 bits per heavy atom. The monoisotopic (exact) mass is 436 g/mol. The Bertz CT molecular complexity index is 1220. The summed E-state index contributed by atoms with van der Waals surface area (Å²) in [7, 11) is 3.65. The number of thiocarbonyl (C=S) groups is 1. The van der Waals surface area contributed by atoms with E-state index in [1.165, 1.54) is 16.2 Å². The van der Waals surface area contributed by atoms with Crippen molar-refractivity contribution in [2.45, 2.75) is 6.42 Å². The van der Waals surface area contributed by atoms with Crippen LogP contribution in [-0.2, 0) is 11.2 Å². The van der Waals surface area contributed by atoms with Crippen LogP contribution < -0.4 is 10.5 Å². The molecule has 1 fully saturated rings. The Balaban J connectivity index is 1.68. The fraction of sp³-hybridized carbons (Fsp3) is 0.182. The predicted octanol–water partition coefficient (Wildman–Crippen LogP) is 3.20. The number of amides is 1. The van der Waals surface area contributed by atoms with Gasteiger partial charge < -0.3 is 4.90 Å². The van der Waals surface area contributed by atoms with E-state index in [0.29, 0.717) is 39.2 Å². The molecule has 1 saturated heterocycles. The summed E-state index contributed by atoms with van der Waals surface area (Å²) in [6.45, 7) is 0.501. The molecule has 8 heteroatoms. The molecule has 4 rings (SSSR count). The van der Waals surface area contributed by atoms with Crippen LogP contribution >= 0.6 is 24.0 Å². The van der Waals surface area contributed by atoms with Crippen molar-refractivity contribution in [2.24, 2.45) is 0 Å². The zero-order valence-corrected chi connectivity index (χ0v) is 18.2. The summed E-state index contributed by atoms with van der Waals surface area (Å²) >= 11 is 6.66. The zero-order chi connectivity index (χ0) is 21.3. The van der Waals surface area contributed by atoms with E-state index in [0.717, 1.165) is 5.56 Å². The number of carbonyl (C=O) groups is 1. The van der Waals surface area contributed by atoms with E-state index >= 15 is 0 Å². The summed E-state index contributed by atoms with van der Waals surface area (Å²) in [5.41, 5.74) is 1.84. The first-order valence-corrected chi connectivity index (χ1v) is 10.7. The Kier molecular flexibility index (Phi) is 5.69. The first kappa shape index (κ1) is 20.3. The molecule has 0 aliphatic carbocycles. The first-order chi connectivity index (χ1) is 14.5. The number of hydrogen-bond acceptors (Lipinski definition) is 6. The van der Waals surface area contributed by atoms with Crippen molar-refractivity contribution in [1.29, 1.82) is 0 Å². The van der Waals surface area contributed by atoms with Gasteiger partial charge in [0.1, 0.15) is 15.8 Å². The highest BCUT2D eigenvalue weighted by atomic mass is 32.2. The van der Waals surface area contributed by atoms with Crippen molar-refractivity contribution in [3.63, 3.8) is 0 Å². The number of rotatable bonds is 5. The maximum Gasteiger partial charge on any atom is 0.267 e. The molecule has 3 heterocycles. The van der Waals surface area contributed by atoms with E-state index < -0.39 is 0 Å². The van der Waals surface area contributed by atoms with Gasteiger partial charge in [0.25, 0.3) is 11.5 Å². The number of anilines is 1. The van der Waals surface area contributed by atoms with Crippen LogP contribution in [0.15, 0.2) is 64.4 Å². The predicted molar refractivity (Wildman–Crippen MR) is 126 cm³/mol. The van der Waals surface area contributed by atoms with Gasteiger partial charge in [-0.25, -0.2) is 4.98 Å². The highest BCUT2D eigenvalue weighted by molar-refractivity contribution is 8.26. The molecule has 1 amide bonds. The number of pyridine rings is 1. The second-order valence-corrected chi connectivity index (χ2v) is 8.72. The summed E-state index contributed by atoms with van der Waals surface area (Å²) < 4.78 is 1.98. The lowest BCUT2D eigenvalue weighted by molar-refractivity contribution is -0.122. The van der Waals surface area contributed by atoms with E-state index in [4.69, 9.17) is 12.2 Å². The van der Waals surface area contributed by atoms with Crippen LogP contribution in [-0.4, -0.2) is 45.2 Å². The van der Waals surface area contributed by atoms with Crippen LogP contribution in [0.4, 0.5) is 5.82 Å². The smallest absolute Gasteiger partial charge is 0.267 e. The molecule has 0 saturated carbocycles. The molecule has 2 aromatic heterocycles.